The van der Waals surface area contributed by atoms with Gasteiger partial charge in [-0.2, -0.15) is 0 Å². The summed E-state index contributed by atoms with van der Waals surface area (Å²) in [4.78, 5) is 13.6. The molecule has 0 spiro atoms. The summed E-state index contributed by atoms with van der Waals surface area (Å²) in [5.41, 5.74) is 0. The van der Waals surface area contributed by atoms with Crippen LogP contribution in [-0.4, -0.2) is 59.4 Å². The van der Waals surface area contributed by atoms with Crippen LogP contribution < -0.4 is 5.32 Å². The van der Waals surface area contributed by atoms with E-state index in [0.717, 1.165) is 25.8 Å². The van der Waals surface area contributed by atoms with Crippen LogP contribution in [0.1, 0.15) is 26.2 Å². The number of hydrogen-bond acceptors (Lipinski definition) is 4. The van der Waals surface area contributed by atoms with Gasteiger partial charge in [0.1, 0.15) is 0 Å². The van der Waals surface area contributed by atoms with Crippen LogP contribution >= 0.6 is 0 Å². The van der Waals surface area contributed by atoms with E-state index in [0.29, 0.717) is 6.54 Å². The highest BCUT2D eigenvalue weighted by molar-refractivity contribution is 5.83. The average molecular weight is 230 g/mol. The average Bonchev–Trinajstić information content (AvgIpc) is 2.31. The van der Waals surface area contributed by atoms with Crippen molar-refractivity contribution >= 4 is 5.91 Å². The van der Waals surface area contributed by atoms with Crippen LogP contribution in [-0.2, 0) is 4.79 Å². The van der Waals surface area contributed by atoms with Crippen LogP contribution in [0.5, 0.6) is 0 Å². The molecule has 1 amide bonds. The van der Waals surface area contributed by atoms with Crippen LogP contribution in [0.15, 0.2) is 0 Å². The van der Waals surface area contributed by atoms with Gasteiger partial charge in [0.2, 0.25) is 5.91 Å². The second kappa shape index (κ2) is 6.83. The maximum atomic E-state index is 12.0. The molecule has 0 aliphatic carbocycles. The number of rotatable bonds is 6. The summed E-state index contributed by atoms with van der Waals surface area (Å²) in [5, 5.41) is 21.4. The molecule has 0 aromatic carbocycles. The quantitative estimate of drug-likeness (QED) is 0.566. The van der Waals surface area contributed by atoms with Gasteiger partial charge < -0.3 is 20.4 Å². The first kappa shape index (κ1) is 13.4. The molecule has 0 saturated carbocycles. The van der Waals surface area contributed by atoms with Gasteiger partial charge in [-0.05, 0) is 25.8 Å². The van der Waals surface area contributed by atoms with Gasteiger partial charge in [0.15, 0.2) is 0 Å². The zero-order chi connectivity index (χ0) is 12.0. The van der Waals surface area contributed by atoms with E-state index in [9.17, 15) is 4.79 Å². The number of aliphatic hydroxyl groups excluding tert-OH is 2. The fourth-order valence-corrected chi connectivity index (χ4v) is 2.02. The third-order valence-electron chi connectivity index (χ3n) is 2.98. The van der Waals surface area contributed by atoms with Crippen molar-refractivity contribution < 1.29 is 15.0 Å². The first-order valence-electron chi connectivity index (χ1n) is 6.00. The molecule has 0 aromatic heterocycles. The minimum Gasteiger partial charge on any atom is -0.394 e. The van der Waals surface area contributed by atoms with Crippen LogP contribution in [0, 0.1) is 0 Å². The summed E-state index contributed by atoms with van der Waals surface area (Å²) in [7, 11) is 0. The SMILES string of the molecule is CCCNC1CCCN(C(CO)CO)C1=O. The van der Waals surface area contributed by atoms with Gasteiger partial charge in [-0.1, -0.05) is 6.92 Å². The zero-order valence-electron chi connectivity index (χ0n) is 9.85. The van der Waals surface area contributed by atoms with E-state index < -0.39 is 6.04 Å². The summed E-state index contributed by atoms with van der Waals surface area (Å²) < 4.78 is 0. The Morgan fingerprint density at radius 3 is 2.75 bits per heavy atom. The smallest absolute Gasteiger partial charge is 0.240 e. The van der Waals surface area contributed by atoms with Crippen molar-refractivity contribution in [2.75, 3.05) is 26.3 Å². The standard InChI is InChI=1S/C11H22N2O3/c1-2-5-12-10-4-3-6-13(11(10)16)9(7-14)8-15/h9-10,12,14-15H,2-8H2,1H3. The molecule has 1 aliphatic rings. The van der Waals surface area contributed by atoms with Gasteiger partial charge in [0.25, 0.3) is 0 Å². The Hall–Kier alpha value is -0.650. The molecule has 0 bridgehead atoms. The van der Waals surface area contributed by atoms with Gasteiger partial charge in [-0.15, -0.1) is 0 Å². The number of aliphatic hydroxyl groups is 2. The lowest BCUT2D eigenvalue weighted by Gasteiger charge is -2.36. The molecule has 1 rings (SSSR count). The number of carbonyl (C=O) groups excluding carboxylic acids is 1. The number of hydrogen-bond donors (Lipinski definition) is 3. The molecule has 1 saturated heterocycles. The highest BCUT2D eigenvalue weighted by atomic mass is 16.3. The van der Waals surface area contributed by atoms with Crippen molar-refractivity contribution in [2.45, 2.75) is 38.3 Å². The Balaban J connectivity index is 2.55. The summed E-state index contributed by atoms with van der Waals surface area (Å²) in [6.45, 7) is 3.16. The van der Waals surface area contributed by atoms with Gasteiger partial charge in [0, 0.05) is 6.54 Å². The second-order valence-electron chi connectivity index (χ2n) is 4.20. The summed E-state index contributed by atoms with van der Waals surface area (Å²) in [5.74, 6) is 0.00722. The predicted molar refractivity (Wildman–Crippen MR) is 61.0 cm³/mol. The highest BCUT2D eigenvalue weighted by Gasteiger charge is 2.31. The molecule has 16 heavy (non-hydrogen) atoms. The van der Waals surface area contributed by atoms with Crippen molar-refractivity contribution in [3.8, 4) is 0 Å². The zero-order valence-corrected chi connectivity index (χ0v) is 9.85. The largest absolute Gasteiger partial charge is 0.394 e. The molecule has 0 aromatic rings. The number of carbonyl (C=O) groups is 1. The topological polar surface area (TPSA) is 72.8 Å². The number of piperidine rings is 1. The third kappa shape index (κ3) is 3.17. The Morgan fingerprint density at radius 2 is 2.19 bits per heavy atom. The second-order valence-corrected chi connectivity index (χ2v) is 4.20. The fraction of sp³-hybridized carbons (Fsp3) is 0.909. The van der Waals surface area contributed by atoms with Gasteiger partial charge >= 0.3 is 0 Å². The van der Waals surface area contributed by atoms with E-state index in [1.807, 2.05) is 0 Å². The maximum absolute atomic E-state index is 12.0. The van der Waals surface area contributed by atoms with E-state index >= 15 is 0 Å². The molecule has 5 heteroatoms. The molecule has 94 valence electrons. The Kier molecular flexibility index (Phi) is 5.73. The number of amides is 1. The lowest BCUT2D eigenvalue weighted by atomic mass is 10.0. The van der Waals surface area contributed by atoms with Gasteiger partial charge in [0.05, 0.1) is 25.3 Å². The minimum atomic E-state index is -0.446. The van der Waals surface area contributed by atoms with E-state index in [4.69, 9.17) is 10.2 Å². The fourth-order valence-electron chi connectivity index (χ4n) is 2.02. The highest BCUT2D eigenvalue weighted by Crippen LogP contribution is 2.14. The van der Waals surface area contributed by atoms with Crippen molar-refractivity contribution in [1.82, 2.24) is 10.2 Å². The minimum absolute atomic E-state index is 0.00722. The first-order valence-corrected chi connectivity index (χ1v) is 6.00. The Bertz CT molecular complexity index is 219. The van der Waals surface area contributed by atoms with Crippen molar-refractivity contribution in [3.05, 3.63) is 0 Å². The molecule has 5 nitrogen and oxygen atoms in total. The summed E-state index contributed by atoms with van der Waals surface area (Å²) in [6.07, 6.45) is 2.76. The monoisotopic (exact) mass is 230 g/mol. The lowest BCUT2D eigenvalue weighted by molar-refractivity contribution is -0.140. The Morgan fingerprint density at radius 1 is 1.50 bits per heavy atom. The molecule has 0 radical (unpaired) electrons. The summed E-state index contributed by atoms with van der Waals surface area (Å²) >= 11 is 0. The van der Waals surface area contributed by atoms with Crippen LogP contribution in [0.4, 0.5) is 0 Å². The van der Waals surface area contributed by atoms with Crippen LogP contribution in [0.2, 0.25) is 0 Å². The molecule has 1 fully saturated rings. The molecule has 1 unspecified atom stereocenters. The van der Waals surface area contributed by atoms with Gasteiger partial charge in [-0.3, -0.25) is 4.79 Å². The van der Waals surface area contributed by atoms with E-state index in [2.05, 4.69) is 12.2 Å². The normalized spacial score (nSPS) is 21.9. The van der Waals surface area contributed by atoms with Gasteiger partial charge in [-0.25, -0.2) is 0 Å². The number of nitrogens with one attached hydrogen (secondary N) is 1. The predicted octanol–water partition coefficient (Wildman–Crippen LogP) is -0.670. The molecular formula is C11H22N2O3. The number of likely N-dealkylation sites (tertiary alicyclic amines) is 1. The van der Waals surface area contributed by atoms with Crippen molar-refractivity contribution in [3.63, 3.8) is 0 Å². The van der Waals surface area contributed by atoms with Crippen LogP contribution in [0.3, 0.4) is 0 Å². The van der Waals surface area contributed by atoms with Crippen molar-refractivity contribution in [2.24, 2.45) is 0 Å². The molecular weight excluding hydrogens is 208 g/mol. The molecule has 1 atom stereocenters. The van der Waals surface area contributed by atoms with Crippen molar-refractivity contribution in [1.29, 1.82) is 0 Å². The number of nitrogens with zero attached hydrogens (tertiary/aromatic N) is 1. The third-order valence-corrected chi connectivity index (χ3v) is 2.98. The molecule has 3 N–H and O–H groups in total. The lowest BCUT2D eigenvalue weighted by Crippen LogP contribution is -2.56. The maximum Gasteiger partial charge on any atom is 0.240 e. The van der Waals surface area contributed by atoms with E-state index in [1.54, 1.807) is 4.90 Å². The van der Waals surface area contributed by atoms with E-state index in [-0.39, 0.29) is 25.2 Å². The Labute approximate surface area is 96.4 Å². The summed E-state index contributed by atoms with van der Waals surface area (Å²) in [6, 6.07) is -0.590. The molecule has 1 aliphatic heterocycles. The first-order chi connectivity index (χ1) is 7.74. The van der Waals surface area contributed by atoms with Crippen LogP contribution in [0.25, 0.3) is 0 Å². The van der Waals surface area contributed by atoms with E-state index in [1.165, 1.54) is 0 Å². The molecule has 1 heterocycles.